The number of nitrogens with two attached hydrogens (primary N) is 1. The molecule has 0 aromatic rings. The van der Waals surface area contributed by atoms with Crippen LogP contribution in [0, 0.1) is 5.41 Å². The van der Waals surface area contributed by atoms with Crippen molar-refractivity contribution in [3.63, 3.8) is 0 Å². The van der Waals surface area contributed by atoms with Gasteiger partial charge in [0, 0.05) is 12.6 Å². The van der Waals surface area contributed by atoms with Crippen LogP contribution in [0.4, 0.5) is 0 Å². The van der Waals surface area contributed by atoms with Gasteiger partial charge in [-0.25, -0.2) is 0 Å². The molecule has 0 spiro atoms. The minimum absolute atomic E-state index is 0.370. The van der Waals surface area contributed by atoms with Crippen LogP contribution in [0.2, 0.25) is 0 Å². The van der Waals surface area contributed by atoms with Crippen LogP contribution in [0.3, 0.4) is 0 Å². The van der Waals surface area contributed by atoms with Crippen molar-refractivity contribution in [1.82, 2.24) is 5.32 Å². The van der Waals surface area contributed by atoms with Crippen LogP contribution in [0.5, 0.6) is 0 Å². The molecule has 1 aliphatic rings. The van der Waals surface area contributed by atoms with E-state index in [9.17, 15) is 0 Å². The Hall–Kier alpha value is -0.730. The first-order valence-electron chi connectivity index (χ1n) is 5.58. The van der Waals surface area contributed by atoms with E-state index in [1.807, 2.05) is 0 Å². The molecule has 0 amide bonds. The Kier molecular flexibility index (Phi) is 3.78. The topological polar surface area (TPSA) is 50.4 Å². The first-order chi connectivity index (χ1) is 6.52. The molecule has 82 valence electrons. The van der Waals surface area contributed by atoms with Gasteiger partial charge < -0.3 is 11.1 Å². The lowest BCUT2D eigenvalue weighted by molar-refractivity contribution is 0.350. The predicted octanol–water partition coefficient (Wildman–Crippen LogP) is 1.88. The zero-order valence-corrected chi connectivity index (χ0v) is 9.64. The highest BCUT2D eigenvalue weighted by atomic mass is 15.1. The second-order valence-electron chi connectivity index (χ2n) is 5.02. The van der Waals surface area contributed by atoms with Crippen molar-refractivity contribution in [1.29, 1.82) is 0 Å². The van der Waals surface area contributed by atoms with Crippen LogP contribution < -0.4 is 11.1 Å². The fraction of sp³-hybridized carbons (Fsp3) is 0.909. The minimum atomic E-state index is 0.370. The summed E-state index contributed by atoms with van der Waals surface area (Å²) in [6, 6.07) is 0.370. The number of nitrogens with one attached hydrogen (secondary N) is 1. The monoisotopic (exact) mass is 197 g/mol. The quantitative estimate of drug-likeness (QED) is 0.536. The second kappa shape index (κ2) is 4.67. The van der Waals surface area contributed by atoms with Gasteiger partial charge >= 0.3 is 0 Å². The van der Waals surface area contributed by atoms with Gasteiger partial charge in [-0.05, 0) is 32.1 Å². The average molecular weight is 197 g/mol. The van der Waals surface area contributed by atoms with E-state index < -0.39 is 0 Å². The smallest absolute Gasteiger partial charge is 0.188 e. The summed E-state index contributed by atoms with van der Waals surface area (Å²) in [5, 5.41) is 3.11. The molecule has 0 aliphatic heterocycles. The lowest BCUT2D eigenvalue weighted by Gasteiger charge is -2.21. The zero-order valence-electron chi connectivity index (χ0n) is 9.64. The fourth-order valence-electron chi connectivity index (χ4n) is 2.00. The van der Waals surface area contributed by atoms with Gasteiger partial charge in [-0.3, -0.25) is 4.99 Å². The van der Waals surface area contributed by atoms with Crippen LogP contribution in [0.1, 0.15) is 46.5 Å². The van der Waals surface area contributed by atoms with Gasteiger partial charge in [0.1, 0.15) is 0 Å². The van der Waals surface area contributed by atoms with Crippen LogP contribution in [0.25, 0.3) is 0 Å². The van der Waals surface area contributed by atoms with E-state index >= 15 is 0 Å². The van der Waals surface area contributed by atoms with Crippen LogP contribution in [-0.4, -0.2) is 18.5 Å². The summed E-state index contributed by atoms with van der Waals surface area (Å²) in [7, 11) is 0. The number of aliphatic imine (C=N–C) groups is 1. The Morgan fingerprint density at radius 1 is 1.43 bits per heavy atom. The van der Waals surface area contributed by atoms with E-state index in [1.165, 1.54) is 25.7 Å². The lowest BCUT2D eigenvalue weighted by Crippen LogP contribution is -2.37. The highest BCUT2D eigenvalue weighted by Gasteiger charge is 2.28. The molecular weight excluding hydrogens is 174 g/mol. The largest absolute Gasteiger partial charge is 0.370 e. The second-order valence-corrected chi connectivity index (χ2v) is 5.02. The normalized spacial score (nSPS) is 21.6. The first-order valence-corrected chi connectivity index (χ1v) is 5.58. The van der Waals surface area contributed by atoms with E-state index in [0.717, 1.165) is 6.54 Å². The van der Waals surface area contributed by atoms with E-state index in [4.69, 9.17) is 5.73 Å². The molecule has 0 bridgehead atoms. The predicted molar refractivity (Wildman–Crippen MR) is 61.3 cm³/mol. The van der Waals surface area contributed by atoms with Gasteiger partial charge in [0.05, 0.1) is 0 Å². The van der Waals surface area contributed by atoms with Gasteiger partial charge in [0.15, 0.2) is 5.96 Å². The molecule has 1 aliphatic carbocycles. The maximum absolute atomic E-state index is 5.75. The maximum Gasteiger partial charge on any atom is 0.188 e. The first kappa shape index (κ1) is 11.3. The molecule has 1 saturated carbocycles. The van der Waals surface area contributed by atoms with Crippen molar-refractivity contribution < 1.29 is 0 Å². The average Bonchev–Trinajstić information content (AvgIpc) is 2.49. The lowest BCUT2D eigenvalue weighted by atomic mass is 9.89. The molecule has 0 aromatic heterocycles. The van der Waals surface area contributed by atoms with Gasteiger partial charge in [0.2, 0.25) is 0 Å². The Morgan fingerprint density at radius 3 is 2.50 bits per heavy atom. The van der Waals surface area contributed by atoms with Crippen LogP contribution in [0.15, 0.2) is 4.99 Å². The van der Waals surface area contributed by atoms with Crippen molar-refractivity contribution in [3.05, 3.63) is 0 Å². The molecule has 0 saturated heterocycles. The summed E-state index contributed by atoms with van der Waals surface area (Å²) in [4.78, 5) is 4.40. The summed E-state index contributed by atoms with van der Waals surface area (Å²) in [5.74, 6) is 0.591. The molecule has 0 aromatic carbocycles. The molecule has 3 heteroatoms. The van der Waals surface area contributed by atoms with Gasteiger partial charge in [-0.2, -0.15) is 0 Å². The third-order valence-electron chi connectivity index (χ3n) is 2.88. The summed E-state index contributed by atoms with van der Waals surface area (Å²) in [6.45, 7) is 7.32. The highest BCUT2D eigenvalue weighted by molar-refractivity contribution is 5.78. The Labute approximate surface area is 87.2 Å². The summed E-state index contributed by atoms with van der Waals surface area (Å²) < 4.78 is 0. The molecule has 3 nitrogen and oxygen atoms in total. The molecule has 3 N–H and O–H groups in total. The number of hydrogen-bond donors (Lipinski definition) is 2. The molecule has 0 unspecified atom stereocenters. The molecule has 0 atom stereocenters. The summed E-state index contributed by atoms with van der Waals surface area (Å²) in [5.41, 5.74) is 6.16. The van der Waals surface area contributed by atoms with E-state index in [0.29, 0.717) is 17.4 Å². The Bertz CT molecular complexity index is 203. The molecular formula is C11H23N3. The third kappa shape index (κ3) is 3.56. The molecule has 1 rings (SSSR count). The standard InChI is InChI=1S/C11H23N3/c1-9(2)14-10(12)13-8-11(3)6-4-5-7-11/h9H,4-8H2,1-3H3,(H3,12,13,14). The zero-order chi connectivity index (χ0) is 10.6. The maximum atomic E-state index is 5.75. The van der Waals surface area contributed by atoms with Crippen molar-refractivity contribution in [2.75, 3.05) is 6.54 Å². The SMILES string of the molecule is CC(C)NC(N)=NCC1(C)CCCC1. The van der Waals surface area contributed by atoms with E-state index in [-0.39, 0.29) is 0 Å². The van der Waals surface area contributed by atoms with Crippen molar-refractivity contribution in [3.8, 4) is 0 Å². The highest BCUT2D eigenvalue weighted by Crippen LogP contribution is 2.37. The number of guanidine groups is 1. The van der Waals surface area contributed by atoms with Gasteiger partial charge in [-0.1, -0.05) is 19.8 Å². The molecule has 0 radical (unpaired) electrons. The van der Waals surface area contributed by atoms with Gasteiger partial charge in [0.25, 0.3) is 0 Å². The Balaban J connectivity index is 2.37. The number of hydrogen-bond acceptors (Lipinski definition) is 1. The minimum Gasteiger partial charge on any atom is -0.370 e. The number of nitrogens with zero attached hydrogens (tertiary/aromatic N) is 1. The van der Waals surface area contributed by atoms with Crippen molar-refractivity contribution in [2.24, 2.45) is 16.1 Å². The number of rotatable bonds is 3. The van der Waals surface area contributed by atoms with E-state index in [2.05, 4.69) is 31.1 Å². The van der Waals surface area contributed by atoms with E-state index in [1.54, 1.807) is 0 Å². The molecule has 1 fully saturated rings. The summed E-state index contributed by atoms with van der Waals surface area (Å²) in [6.07, 6.45) is 5.30. The van der Waals surface area contributed by atoms with Crippen LogP contribution in [-0.2, 0) is 0 Å². The molecule has 14 heavy (non-hydrogen) atoms. The third-order valence-corrected chi connectivity index (χ3v) is 2.88. The summed E-state index contributed by atoms with van der Waals surface area (Å²) >= 11 is 0. The Morgan fingerprint density at radius 2 is 2.00 bits per heavy atom. The van der Waals surface area contributed by atoms with Crippen LogP contribution >= 0.6 is 0 Å². The molecule has 0 heterocycles. The fourth-order valence-corrected chi connectivity index (χ4v) is 2.00. The van der Waals surface area contributed by atoms with Crippen molar-refractivity contribution >= 4 is 5.96 Å². The van der Waals surface area contributed by atoms with Gasteiger partial charge in [-0.15, -0.1) is 0 Å². The van der Waals surface area contributed by atoms with Crippen molar-refractivity contribution in [2.45, 2.75) is 52.5 Å².